The summed E-state index contributed by atoms with van der Waals surface area (Å²) in [5.41, 5.74) is 8.37. The van der Waals surface area contributed by atoms with Crippen LogP contribution in [-0.2, 0) is 12.8 Å². The molecule has 0 amide bonds. The van der Waals surface area contributed by atoms with Crippen molar-refractivity contribution < 1.29 is 5.11 Å². The highest BCUT2D eigenvalue weighted by Crippen LogP contribution is 2.29. The number of hydrogen-bond acceptors (Lipinski definition) is 2. The van der Waals surface area contributed by atoms with Gasteiger partial charge in [0, 0.05) is 6.54 Å². The molecule has 2 rings (SSSR count). The third kappa shape index (κ3) is 2.58. The number of benzene rings is 1. The van der Waals surface area contributed by atoms with Crippen LogP contribution in [0.25, 0.3) is 0 Å². The highest BCUT2D eigenvalue weighted by molar-refractivity contribution is 5.31. The molecule has 0 saturated heterocycles. The van der Waals surface area contributed by atoms with E-state index in [1.165, 1.54) is 24.0 Å². The topological polar surface area (TPSA) is 46.2 Å². The summed E-state index contributed by atoms with van der Waals surface area (Å²) < 4.78 is 0. The lowest BCUT2D eigenvalue weighted by molar-refractivity contribution is 0.163. The van der Waals surface area contributed by atoms with Crippen molar-refractivity contribution in [2.24, 2.45) is 11.7 Å². The van der Waals surface area contributed by atoms with Crippen LogP contribution in [-0.4, -0.2) is 17.8 Å². The van der Waals surface area contributed by atoms with Crippen LogP contribution in [0.1, 0.15) is 24.0 Å². The standard InChI is InChI=1S/C13H19NO/c14-9-13(15)6-5-10-7-11-3-1-2-4-12(11)8-10/h1-4,10,13,15H,5-9,14H2. The van der Waals surface area contributed by atoms with Crippen molar-refractivity contribution in [3.8, 4) is 0 Å². The van der Waals surface area contributed by atoms with Gasteiger partial charge >= 0.3 is 0 Å². The van der Waals surface area contributed by atoms with E-state index in [-0.39, 0.29) is 6.10 Å². The summed E-state index contributed by atoms with van der Waals surface area (Å²) in [6.07, 6.45) is 3.97. The van der Waals surface area contributed by atoms with E-state index in [9.17, 15) is 5.11 Å². The van der Waals surface area contributed by atoms with Gasteiger partial charge in [0.05, 0.1) is 6.10 Å². The summed E-state index contributed by atoms with van der Waals surface area (Å²) in [7, 11) is 0. The van der Waals surface area contributed by atoms with Crippen LogP contribution >= 0.6 is 0 Å². The van der Waals surface area contributed by atoms with Crippen molar-refractivity contribution in [2.75, 3.05) is 6.54 Å². The molecular formula is C13H19NO. The van der Waals surface area contributed by atoms with E-state index in [0.29, 0.717) is 12.5 Å². The van der Waals surface area contributed by atoms with E-state index in [1.54, 1.807) is 0 Å². The van der Waals surface area contributed by atoms with Gasteiger partial charge in [0.25, 0.3) is 0 Å². The highest BCUT2D eigenvalue weighted by Gasteiger charge is 2.21. The Morgan fingerprint density at radius 2 is 1.87 bits per heavy atom. The van der Waals surface area contributed by atoms with Crippen LogP contribution in [0.4, 0.5) is 0 Å². The third-order valence-corrected chi connectivity index (χ3v) is 3.32. The largest absolute Gasteiger partial charge is 0.392 e. The van der Waals surface area contributed by atoms with E-state index in [4.69, 9.17) is 5.73 Å². The molecule has 2 nitrogen and oxygen atoms in total. The fourth-order valence-corrected chi connectivity index (χ4v) is 2.40. The first-order valence-electron chi connectivity index (χ1n) is 5.74. The zero-order valence-electron chi connectivity index (χ0n) is 9.02. The third-order valence-electron chi connectivity index (χ3n) is 3.32. The van der Waals surface area contributed by atoms with Crippen LogP contribution in [0.15, 0.2) is 24.3 Å². The second-order valence-electron chi connectivity index (χ2n) is 4.51. The molecule has 1 aliphatic rings. The van der Waals surface area contributed by atoms with E-state index in [2.05, 4.69) is 24.3 Å². The van der Waals surface area contributed by atoms with Crippen molar-refractivity contribution in [3.05, 3.63) is 35.4 Å². The first-order chi connectivity index (χ1) is 7.29. The number of rotatable bonds is 4. The van der Waals surface area contributed by atoms with Crippen molar-refractivity contribution >= 4 is 0 Å². The molecule has 1 unspecified atom stereocenters. The van der Waals surface area contributed by atoms with Gasteiger partial charge in [0.15, 0.2) is 0 Å². The molecule has 0 saturated carbocycles. The van der Waals surface area contributed by atoms with Crippen molar-refractivity contribution in [3.63, 3.8) is 0 Å². The summed E-state index contributed by atoms with van der Waals surface area (Å²) in [4.78, 5) is 0. The Labute approximate surface area is 91.1 Å². The minimum atomic E-state index is -0.311. The second-order valence-corrected chi connectivity index (χ2v) is 4.51. The summed E-state index contributed by atoms with van der Waals surface area (Å²) in [6.45, 7) is 0.389. The molecular weight excluding hydrogens is 186 g/mol. The van der Waals surface area contributed by atoms with Gasteiger partial charge < -0.3 is 10.8 Å². The van der Waals surface area contributed by atoms with E-state index in [1.807, 2.05) is 0 Å². The zero-order valence-corrected chi connectivity index (χ0v) is 9.02. The molecule has 0 heterocycles. The number of hydrogen-bond donors (Lipinski definition) is 2. The summed E-state index contributed by atoms with van der Waals surface area (Å²) >= 11 is 0. The number of fused-ring (bicyclic) bond motifs is 1. The Bertz CT molecular complexity index is 299. The van der Waals surface area contributed by atoms with Gasteiger partial charge in [-0.05, 0) is 42.7 Å². The van der Waals surface area contributed by atoms with Gasteiger partial charge in [0.2, 0.25) is 0 Å². The average molecular weight is 205 g/mol. The molecule has 0 bridgehead atoms. The van der Waals surface area contributed by atoms with Crippen molar-refractivity contribution in [1.82, 2.24) is 0 Å². The fraction of sp³-hybridized carbons (Fsp3) is 0.538. The van der Waals surface area contributed by atoms with Crippen LogP contribution in [0.2, 0.25) is 0 Å². The molecule has 0 aromatic heterocycles. The van der Waals surface area contributed by atoms with E-state index >= 15 is 0 Å². The van der Waals surface area contributed by atoms with Crippen molar-refractivity contribution in [1.29, 1.82) is 0 Å². The number of nitrogens with two attached hydrogens (primary N) is 1. The quantitative estimate of drug-likeness (QED) is 0.782. The van der Waals surface area contributed by atoms with Gasteiger partial charge in [-0.2, -0.15) is 0 Å². The van der Waals surface area contributed by atoms with E-state index < -0.39 is 0 Å². The van der Waals surface area contributed by atoms with E-state index in [0.717, 1.165) is 12.8 Å². The normalized spacial score (nSPS) is 17.7. The molecule has 1 aromatic rings. The highest BCUT2D eigenvalue weighted by atomic mass is 16.3. The molecule has 1 aliphatic carbocycles. The molecule has 0 spiro atoms. The Morgan fingerprint density at radius 1 is 1.27 bits per heavy atom. The SMILES string of the molecule is NCC(O)CCC1Cc2ccccc2C1. The zero-order chi connectivity index (χ0) is 10.7. The molecule has 0 radical (unpaired) electrons. The Hall–Kier alpha value is -0.860. The lowest BCUT2D eigenvalue weighted by Gasteiger charge is -2.11. The minimum Gasteiger partial charge on any atom is -0.392 e. The first kappa shape index (κ1) is 10.7. The fourth-order valence-electron chi connectivity index (χ4n) is 2.40. The molecule has 1 aromatic carbocycles. The minimum absolute atomic E-state index is 0.311. The summed E-state index contributed by atoms with van der Waals surface area (Å²) in [5.74, 6) is 0.712. The molecule has 1 atom stereocenters. The molecule has 82 valence electrons. The second kappa shape index (κ2) is 4.77. The lowest BCUT2D eigenvalue weighted by atomic mass is 9.98. The predicted octanol–water partition coefficient (Wildman–Crippen LogP) is 1.50. The smallest absolute Gasteiger partial charge is 0.0662 e. The Morgan fingerprint density at radius 3 is 2.40 bits per heavy atom. The predicted molar refractivity (Wildman–Crippen MR) is 61.6 cm³/mol. The Balaban J connectivity index is 1.85. The van der Waals surface area contributed by atoms with Crippen LogP contribution in [0, 0.1) is 5.92 Å². The van der Waals surface area contributed by atoms with Gasteiger partial charge in [-0.25, -0.2) is 0 Å². The van der Waals surface area contributed by atoms with Crippen molar-refractivity contribution in [2.45, 2.75) is 31.8 Å². The summed E-state index contributed by atoms with van der Waals surface area (Å²) in [6, 6.07) is 8.65. The first-order valence-corrected chi connectivity index (χ1v) is 5.74. The molecule has 15 heavy (non-hydrogen) atoms. The number of aliphatic hydroxyl groups is 1. The van der Waals surface area contributed by atoms with Crippen LogP contribution in [0.3, 0.4) is 0 Å². The molecule has 0 aliphatic heterocycles. The molecule has 3 N–H and O–H groups in total. The average Bonchev–Trinajstić information content (AvgIpc) is 2.68. The van der Waals surface area contributed by atoms with Gasteiger partial charge in [-0.3, -0.25) is 0 Å². The van der Waals surface area contributed by atoms with Gasteiger partial charge in [-0.1, -0.05) is 24.3 Å². The van der Waals surface area contributed by atoms with Crippen LogP contribution < -0.4 is 5.73 Å². The monoisotopic (exact) mass is 205 g/mol. The molecule has 0 fully saturated rings. The Kier molecular flexibility index (Phi) is 3.39. The maximum Gasteiger partial charge on any atom is 0.0662 e. The summed E-state index contributed by atoms with van der Waals surface area (Å²) in [5, 5.41) is 9.41. The maximum atomic E-state index is 9.41. The number of aliphatic hydroxyl groups excluding tert-OH is 1. The van der Waals surface area contributed by atoms with Gasteiger partial charge in [0.1, 0.15) is 0 Å². The maximum absolute atomic E-state index is 9.41. The molecule has 2 heteroatoms. The lowest BCUT2D eigenvalue weighted by Crippen LogP contribution is -2.20. The van der Waals surface area contributed by atoms with Crippen LogP contribution in [0.5, 0.6) is 0 Å². The van der Waals surface area contributed by atoms with Gasteiger partial charge in [-0.15, -0.1) is 0 Å².